The molecule has 1 aliphatic rings. The molecule has 4 rings (SSSR count). The number of aliphatic hydroxyl groups excluding tert-OH is 1. The lowest BCUT2D eigenvalue weighted by molar-refractivity contribution is -0.169. The van der Waals surface area contributed by atoms with Gasteiger partial charge in [0.25, 0.3) is 0 Å². The maximum absolute atomic E-state index is 13.1. The van der Waals surface area contributed by atoms with E-state index in [1.807, 2.05) is 62.4 Å². The van der Waals surface area contributed by atoms with Crippen molar-refractivity contribution in [2.75, 3.05) is 20.8 Å². The van der Waals surface area contributed by atoms with Gasteiger partial charge in [-0.3, -0.25) is 0 Å². The van der Waals surface area contributed by atoms with Crippen molar-refractivity contribution >= 4 is 5.97 Å². The van der Waals surface area contributed by atoms with Crippen LogP contribution in [0.1, 0.15) is 72.7 Å². The van der Waals surface area contributed by atoms with Crippen molar-refractivity contribution in [1.29, 1.82) is 0 Å². The van der Waals surface area contributed by atoms with Crippen LogP contribution in [-0.4, -0.2) is 38.2 Å². The van der Waals surface area contributed by atoms with Crippen LogP contribution in [-0.2, 0) is 27.4 Å². The van der Waals surface area contributed by atoms with Crippen molar-refractivity contribution < 1.29 is 38.3 Å². The molecule has 0 spiro atoms. The second kappa shape index (κ2) is 14.9. The third-order valence-corrected chi connectivity index (χ3v) is 6.87. The monoisotopic (exact) mass is 564 g/mol. The maximum atomic E-state index is 13.1. The first-order valence-electron chi connectivity index (χ1n) is 14.1. The summed E-state index contributed by atoms with van der Waals surface area (Å²) < 4.78 is 35.3. The number of hydrogen-bond acceptors (Lipinski definition) is 8. The minimum absolute atomic E-state index is 0.0793. The highest BCUT2D eigenvalue weighted by molar-refractivity contribution is 5.96. The van der Waals surface area contributed by atoms with E-state index in [2.05, 4.69) is 0 Å². The number of ether oxygens (including phenoxy) is 6. The molecule has 8 nitrogen and oxygen atoms in total. The van der Waals surface area contributed by atoms with Crippen LogP contribution < -0.4 is 14.2 Å². The van der Waals surface area contributed by atoms with E-state index in [0.29, 0.717) is 36.7 Å². The Bertz CT molecular complexity index is 1270. The quantitative estimate of drug-likeness (QED) is 0.222. The number of methoxy groups -OCH3 is 2. The zero-order valence-electron chi connectivity index (χ0n) is 24.3. The molecular formula is C33H40O8. The first-order chi connectivity index (χ1) is 19.9. The predicted molar refractivity (Wildman–Crippen MR) is 154 cm³/mol. The molecule has 1 saturated heterocycles. The Morgan fingerprint density at radius 3 is 2.44 bits per heavy atom. The van der Waals surface area contributed by atoms with E-state index in [9.17, 15) is 9.90 Å². The van der Waals surface area contributed by atoms with Gasteiger partial charge in [-0.1, -0.05) is 56.3 Å². The van der Waals surface area contributed by atoms with Crippen molar-refractivity contribution in [3.8, 4) is 23.0 Å². The van der Waals surface area contributed by atoms with Crippen LogP contribution >= 0.6 is 0 Å². The number of hydrogen-bond donors (Lipinski definition) is 1. The fraction of sp³-hybridized carbons (Fsp3) is 0.424. The van der Waals surface area contributed by atoms with E-state index in [1.54, 1.807) is 12.1 Å². The molecule has 0 saturated carbocycles. The fourth-order valence-electron chi connectivity index (χ4n) is 4.79. The Morgan fingerprint density at radius 1 is 0.951 bits per heavy atom. The Balaban J connectivity index is 1.72. The molecule has 0 amide bonds. The van der Waals surface area contributed by atoms with Crippen LogP contribution in [0.25, 0.3) is 0 Å². The molecule has 1 fully saturated rings. The molecule has 3 aromatic carbocycles. The molecule has 3 aromatic rings. The van der Waals surface area contributed by atoms with Crippen molar-refractivity contribution in [1.82, 2.24) is 0 Å². The molecule has 0 bridgehead atoms. The summed E-state index contributed by atoms with van der Waals surface area (Å²) in [4.78, 5) is 13.1. The molecule has 220 valence electrons. The first-order valence-corrected chi connectivity index (χ1v) is 14.1. The van der Waals surface area contributed by atoms with Crippen molar-refractivity contribution in [2.24, 2.45) is 5.92 Å². The van der Waals surface area contributed by atoms with E-state index in [1.165, 1.54) is 14.2 Å². The highest BCUT2D eigenvalue weighted by Crippen LogP contribution is 2.43. The van der Waals surface area contributed by atoms with Gasteiger partial charge in [0.1, 0.15) is 23.7 Å². The Morgan fingerprint density at radius 2 is 1.76 bits per heavy atom. The van der Waals surface area contributed by atoms with Crippen molar-refractivity contribution in [3.05, 3.63) is 82.9 Å². The van der Waals surface area contributed by atoms with E-state index in [4.69, 9.17) is 28.4 Å². The zero-order chi connectivity index (χ0) is 29.2. The number of rotatable bonds is 13. The van der Waals surface area contributed by atoms with Gasteiger partial charge in [0.2, 0.25) is 0 Å². The summed E-state index contributed by atoms with van der Waals surface area (Å²) in [5.41, 5.74) is 2.29. The zero-order valence-corrected chi connectivity index (χ0v) is 24.3. The highest BCUT2D eigenvalue weighted by Gasteiger charge is 2.28. The second-order valence-corrected chi connectivity index (χ2v) is 10.4. The van der Waals surface area contributed by atoms with Crippen LogP contribution in [0.5, 0.6) is 23.0 Å². The van der Waals surface area contributed by atoms with Gasteiger partial charge >= 0.3 is 5.97 Å². The molecule has 1 aliphatic heterocycles. The SMILES string of the molecule is COC(=O)c1c(Oc2c(COC3CCCCO3)cccc2OCc2ccccc2)ccc(C(O)CC(C)C)c1OC. The summed E-state index contributed by atoms with van der Waals surface area (Å²) in [6, 6.07) is 18.8. The van der Waals surface area contributed by atoms with Gasteiger partial charge in [-0.25, -0.2) is 4.79 Å². The lowest BCUT2D eigenvalue weighted by Gasteiger charge is -2.24. The van der Waals surface area contributed by atoms with Gasteiger partial charge in [-0.15, -0.1) is 0 Å². The molecular weight excluding hydrogens is 524 g/mol. The van der Waals surface area contributed by atoms with Crippen LogP contribution in [0.4, 0.5) is 0 Å². The van der Waals surface area contributed by atoms with Gasteiger partial charge in [-0.05, 0) is 55.4 Å². The Labute approximate surface area is 242 Å². The standard InChI is InChI=1S/C33H40O8/c1-22(2)19-26(34)25-16-17-27(30(32(25)36-3)33(35)37-4)41-31-24(21-40-29-15-8-9-18-38-29)13-10-14-28(31)39-20-23-11-6-5-7-12-23/h5-7,10-14,16-17,22,26,29,34H,8-9,15,18-21H2,1-4H3. The molecule has 2 atom stereocenters. The van der Waals surface area contributed by atoms with Gasteiger partial charge < -0.3 is 33.5 Å². The average Bonchev–Trinajstić information content (AvgIpc) is 2.99. The van der Waals surface area contributed by atoms with E-state index in [-0.39, 0.29) is 35.9 Å². The summed E-state index contributed by atoms with van der Waals surface area (Å²) in [5, 5.41) is 10.9. The second-order valence-electron chi connectivity index (χ2n) is 10.4. The molecule has 2 unspecified atom stereocenters. The third kappa shape index (κ3) is 8.00. The van der Waals surface area contributed by atoms with Gasteiger partial charge in [0.05, 0.1) is 26.9 Å². The number of carbonyl (C=O) groups excluding carboxylic acids is 1. The number of aliphatic hydroxyl groups is 1. The number of carbonyl (C=O) groups is 1. The molecule has 0 radical (unpaired) electrons. The number of benzene rings is 3. The summed E-state index contributed by atoms with van der Waals surface area (Å²) in [6.45, 7) is 5.25. The Hall–Kier alpha value is -3.59. The van der Waals surface area contributed by atoms with Crippen molar-refractivity contribution in [3.63, 3.8) is 0 Å². The highest BCUT2D eigenvalue weighted by atomic mass is 16.7. The molecule has 8 heteroatoms. The van der Waals surface area contributed by atoms with Crippen LogP contribution in [0, 0.1) is 5.92 Å². The third-order valence-electron chi connectivity index (χ3n) is 6.87. The summed E-state index contributed by atoms with van der Waals surface area (Å²) in [7, 11) is 2.75. The van der Waals surface area contributed by atoms with Crippen LogP contribution in [0.2, 0.25) is 0 Å². The largest absolute Gasteiger partial charge is 0.495 e. The lowest BCUT2D eigenvalue weighted by atomic mass is 9.96. The average molecular weight is 565 g/mol. The first kappa shape index (κ1) is 30.4. The minimum Gasteiger partial charge on any atom is -0.495 e. The van der Waals surface area contributed by atoms with Gasteiger partial charge in [0, 0.05) is 17.7 Å². The normalized spacial score (nSPS) is 15.8. The molecule has 0 aliphatic carbocycles. The summed E-state index contributed by atoms with van der Waals surface area (Å²) in [5.74, 6) is 0.891. The van der Waals surface area contributed by atoms with Gasteiger partial charge in [0.15, 0.2) is 17.8 Å². The maximum Gasteiger partial charge on any atom is 0.345 e. The summed E-state index contributed by atoms with van der Waals surface area (Å²) >= 11 is 0. The van der Waals surface area contributed by atoms with Crippen molar-refractivity contribution in [2.45, 2.75) is 65.1 Å². The fourth-order valence-corrected chi connectivity index (χ4v) is 4.79. The van der Waals surface area contributed by atoms with Crippen LogP contribution in [0.15, 0.2) is 60.7 Å². The number of para-hydroxylation sites is 1. The number of esters is 1. The van der Waals surface area contributed by atoms with E-state index in [0.717, 1.165) is 30.4 Å². The molecule has 1 N–H and O–H groups in total. The van der Waals surface area contributed by atoms with Gasteiger partial charge in [-0.2, -0.15) is 0 Å². The lowest BCUT2D eigenvalue weighted by Crippen LogP contribution is -2.22. The molecule has 0 aromatic heterocycles. The summed E-state index contributed by atoms with van der Waals surface area (Å²) in [6.07, 6.45) is 2.27. The Kier molecular flexibility index (Phi) is 11.0. The minimum atomic E-state index is -0.830. The molecule has 41 heavy (non-hydrogen) atoms. The smallest absolute Gasteiger partial charge is 0.345 e. The topological polar surface area (TPSA) is 92.7 Å². The van der Waals surface area contributed by atoms with E-state index >= 15 is 0 Å². The van der Waals surface area contributed by atoms with E-state index < -0.39 is 12.1 Å². The predicted octanol–water partition coefficient (Wildman–Crippen LogP) is 6.98. The molecule has 1 heterocycles. The van der Waals surface area contributed by atoms with Crippen LogP contribution in [0.3, 0.4) is 0 Å².